The van der Waals surface area contributed by atoms with Crippen molar-refractivity contribution in [3.63, 3.8) is 0 Å². The molecule has 6 nitrogen and oxygen atoms in total. The monoisotopic (exact) mass is 412 g/mol. The molecule has 154 valence electrons. The lowest BCUT2D eigenvalue weighted by Crippen LogP contribution is -2.35. The quantitative estimate of drug-likeness (QED) is 0.583. The first kappa shape index (κ1) is 19.9. The van der Waals surface area contributed by atoms with Crippen molar-refractivity contribution in [2.45, 2.75) is 50.0 Å². The Hall–Kier alpha value is -2.38. The van der Waals surface area contributed by atoms with Gasteiger partial charge in [-0.15, -0.1) is 0 Å². The Kier molecular flexibility index (Phi) is 5.87. The van der Waals surface area contributed by atoms with Gasteiger partial charge in [0.2, 0.25) is 10.0 Å². The summed E-state index contributed by atoms with van der Waals surface area (Å²) in [4.78, 5) is 4.72. The van der Waals surface area contributed by atoms with Crippen molar-refractivity contribution in [2.24, 2.45) is 10.7 Å². The lowest BCUT2D eigenvalue weighted by molar-refractivity contribution is 0.346. The van der Waals surface area contributed by atoms with E-state index in [1.165, 1.54) is 17.5 Å². The van der Waals surface area contributed by atoms with Crippen LogP contribution in [0.15, 0.2) is 52.4 Å². The maximum Gasteiger partial charge on any atom is 0.243 e. The largest absolute Gasteiger partial charge is 0.370 e. The van der Waals surface area contributed by atoms with E-state index in [4.69, 9.17) is 5.73 Å². The van der Waals surface area contributed by atoms with Gasteiger partial charge in [0.15, 0.2) is 5.96 Å². The van der Waals surface area contributed by atoms with Gasteiger partial charge in [-0.2, -0.15) is 4.31 Å². The number of piperidine rings is 1. The second-order valence-corrected chi connectivity index (χ2v) is 9.71. The normalized spacial score (nSPS) is 17.9. The van der Waals surface area contributed by atoms with Crippen molar-refractivity contribution in [1.29, 1.82) is 0 Å². The molecule has 1 saturated heterocycles. The van der Waals surface area contributed by atoms with Gasteiger partial charge in [-0.25, -0.2) is 13.4 Å². The molecule has 3 N–H and O–H groups in total. The van der Waals surface area contributed by atoms with Crippen LogP contribution >= 0.6 is 0 Å². The molecular formula is C22H28N4O2S. The smallest absolute Gasteiger partial charge is 0.243 e. The minimum absolute atomic E-state index is 0.326. The number of fused-ring (bicyclic) bond motifs is 1. The predicted octanol–water partition coefficient (Wildman–Crippen LogP) is 3.28. The summed E-state index contributed by atoms with van der Waals surface area (Å²) in [6.45, 7) is 1.53. The highest BCUT2D eigenvalue weighted by Crippen LogP contribution is 2.25. The molecule has 1 aliphatic carbocycles. The number of guanidine groups is 1. The Labute approximate surface area is 172 Å². The van der Waals surface area contributed by atoms with Crippen LogP contribution in [0.25, 0.3) is 0 Å². The van der Waals surface area contributed by atoms with Gasteiger partial charge in [-0.1, -0.05) is 24.6 Å². The van der Waals surface area contributed by atoms with Crippen molar-refractivity contribution < 1.29 is 8.42 Å². The van der Waals surface area contributed by atoms with Crippen molar-refractivity contribution in [2.75, 3.05) is 18.4 Å². The van der Waals surface area contributed by atoms with Crippen molar-refractivity contribution in [3.8, 4) is 0 Å². The number of sulfonamides is 1. The Balaban J connectivity index is 1.43. The number of hydrogen-bond donors (Lipinski definition) is 2. The molecule has 29 heavy (non-hydrogen) atoms. The molecule has 0 radical (unpaired) electrons. The van der Waals surface area contributed by atoms with E-state index in [9.17, 15) is 8.42 Å². The van der Waals surface area contributed by atoms with E-state index in [0.717, 1.165) is 43.4 Å². The van der Waals surface area contributed by atoms with Gasteiger partial charge in [-0.3, -0.25) is 0 Å². The molecule has 0 amide bonds. The van der Waals surface area contributed by atoms with Crippen LogP contribution in [0.3, 0.4) is 0 Å². The third kappa shape index (κ3) is 4.62. The second-order valence-electron chi connectivity index (χ2n) is 7.78. The summed E-state index contributed by atoms with van der Waals surface area (Å²) < 4.78 is 27.3. The molecule has 2 aromatic rings. The summed E-state index contributed by atoms with van der Waals surface area (Å²) >= 11 is 0. The van der Waals surface area contributed by atoms with Gasteiger partial charge in [0.25, 0.3) is 0 Å². The second kappa shape index (κ2) is 8.55. The van der Waals surface area contributed by atoms with E-state index in [2.05, 4.69) is 22.4 Å². The van der Waals surface area contributed by atoms with Crippen LogP contribution in [0.5, 0.6) is 0 Å². The molecule has 4 rings (SSSR count). The number of anilines is 1. The van der Waals surface area contributed by atoms with Crippen molar-refractivity contribution in [1.82, 2.24) is 4.31 Å². The van der Waals surface area contributed by atoms with Crippen LogP contribution in [0, 0.1) is 0 Å². The highest BCUT2D eigenvalue weighted by molar-refractivity contribution is 7.89. The van der Waals surface area contributed by atoms with Crippen LogP contribution in [-0.4, -0.2) is 31.8 Å². The van der Waals surface area contributed by atoms with E-state index in [1.54, 1.807) is 22.5 Å². The fourth-order valence-electron chi connectivity index (χ4n) is 4.07. The first-order valence-electron chi connectivity index (χ1n) is 10.3. The highest BCUT2D eigenvalue weighted by atomic mass is 32.2. The zero-order valence-corrected chi connectivity index (χ0v) is 17.4. The summed E-state index contributed by atoms with van der Waals surface area (Å²) in [5.74, 6) is 0.326. The number of aliphatic imine (C=N–C) groups is 1. The van der Waals surface area contributed by atoms with E-state index in [1.807, 2.05) is 12.1 Å². The fourth-order valence-corrected chi connectivity index (χ4v) is 5.66. The molecule has 2 aromatic carbocycles. The lowest BCUT2D eigenvalue weighted by atomic mass is 10.1. The molecule has 1 heterocycles. The van der Waals surface area contributed by atoms with Gasteiger partial charge < -0.3 is 11.1 Å². The molecule has 0 saturated carbocycles. The number of aryl methyl sites for hydroxylation is 2. The first-order valence-corrected chi connectivity index (χ1v) is 11.7. The third-order valence-electron chi connectivity index (χ3n) is 5.65. The summed E-state index contributed by atoms with van der Waals surface area (Å²) in [5, 5.41) is 3.14. The van der Waals surface area contributed by atoms with Gasteiger partial charge in [0.05, 0.1) is 11.4 Å². The Morgan fingerprint density at radius 2 is 1.79 bits per heavy atom. The number of benzene rings is 2. The Bertz CT molecular complexity index is 1010. The minimum atomic E-state index is -3.44. The molecule has 0 bridgehead atoms. The molecule has 2 aliphatic rings. The summed E-state index contributed by atoms with van der Waals surface area (Å²) in [6, 6.07) is 13.3. The third-order valence-corrected chi connectivity index (χ3v) is 7.55. The summed E-state index contributed by atoms with van der Waals surface area (Å²) in [5.41, 5.74) is 10.6. The Morgan fingerprint density at radius 1 is 1.00 bits per heavy atom. The van der Waals surface area contributed by atoms with Crippen molar-refractivity contribution in [3.05, 3.63) is 59.2 Å². The standard InChI is InChI=1S/C22H28N4O2S/c23-22(25-20-11-10-18-7-5-8-19(18)15-20)24-16-17-6-4-9-21(14-17)29(27,28)26-12-2-1-3-13-26/h4,6,9-11,14-15H,1-3,5,7-8,12-13,16H2,(H3,23,24,25). The van der Waals surface area contributed by atoms with Crippen LogP contribution < -0.4 is 11.1 Å². The van der Waals surface area contributed by atoms with Gasteiger partial charge in [0, 0.05) is 18.8 Å². The maximum absolute atomic E-state index is 12.9. The number of rotatable bonds is 5. The highest BCUT2D eigenvalue weighted by Gasteiger charge is 2.25. The van der Waals surface area contributed by atoms with Crippen molar-refractivity contribution >= 4 is 21.7 Å². The van der Waals surface area contributed by atoms with Gasteiger partial charge in [-0.05, 0) is 73.1 Å². The molecule has 7 heteroatoms. The van der Waals surface area contributed by atoms with E-state index < -0.39 is 10.0 Å². The fraction of sp³-hybridized carbons (Fsp3) is 0.409. The van der Waals surface area contributed by atoms with Crippen LogP contribution in [0.1, 0.15) is 42.4 Å². The first-order chi connectivity index (χ1) is 14.0. The molecule has 1 aliphatic heterocycles. The van der Waals surface area contributed by atoms with Gasteiger partial charge in [0.1, 0.15) is 0 Å². The minimum Gasteiger partial charge on any atom is -0.370 e. The van der Waals surface area contributed by atoms with E-state index in [-0.39, 0.29) is 0 Å². The predicted molar refractivity (Wildman–Crippen MR) is 116 cm³/mol. The number of nitrogens with zero attached hydrogens (tertiary/aromatic N) is 2. The molecule has 0 aromatic heterocycles. The lowest BCUT2D eigenvalue weighted by Gasteiger charge is -2.26. The number of nitrogens with two attached hydrogens (primary N) is 1. The van der Waals surface area contributed by atoms with Crippen LogP contribution in [0.2, 0.25) is 0 Å². The molecule has 1 fully saturated rings. The molecule has 0 spiro atoms. The van der Waals surface area contributed by atoms with Gasteiger partial charge >= 0.3 is 0 Å². The Morgan fingerprint density at radius 3 is 2.62 bits per heavy atom. The molecular weight excluding hydrogens is 384 g/mol. The van der Waals surface area contributed by atoms with Crippen LogP contribution in [-0.2, 0) is 29.4 Å². The summed E-state index contributed by atoms with van der Waals surface area (Å²) in [7, 11) is -3.44. The van der Waals surface area contributed by atoms with E-state index in [0.29, 0.717) is 30.5 Å². The van der Waals surface area contributed by atoms with E-state index >= 15 is 0 Å². The van der Waals surface area contributed by atoms with Crippen LogP contribution in [0.4, 0.5) is 5.69 Å². The number of hydrogen-bond acceptors (Lipinski definition) is 3. The zero-order valence-electron chi connectivity index (χ0n) is 16.6. The maximum atomic E-state index is 12.9. The average molecular weight is 413 g/mol. The average Bonchev–Trinajstić information content (AvgIpc) is 3.21. The topological polar surface area (TPSA) is 87.8 Å². The SMILES string of the molecule is NC(=NCc1cccc(S(=O)(=O)N2CCCCC2)c1)Nc1ccc2c(c1)CCC2. The summed E-state index contributed by atoms with van der Waals surface area (Å²) in [6.07, 6.45) is 6.41. The molecule has 0 unspecified atom stereocenters. The number of nitrogens with one attached hydrogen (secondary N) is 1. The molecule has 0 atom stereocenters. The zero-order chi connectivity index (χ0) is 20.3.